The summed E-state index contributed by atoms with van der Waals surface area (Å²) in [5.41, 5.74) is 1.45. The Morgan fingerprint density at radius 3 is 2.57 bits per heavy atom. The van der Waals surface area contributed by atoms with Gasteiger partial charge in [0.25, 0.3) is 0 Å². The third kappa shape index (κ3) is 1.98. The predicted molar refractivity (Wildman–Crippen MR) is 60.2 cm³/mol. The van der Waals surface area contributed by atoms with E-state index in [0.29, 0.717) is 6.04 Å². The van der Waals surface area contributed by atoms with Crippen LogP contribution in [0, 0.1) is 5.92 Å². The average molecular weight is 189 g/mol. The largest absolute Gasteiger partial charge is 0.296 e. The third-order valence-electron chi connectivity index (χ3n) is 3.28. The molecule has 2 atom stereocenters. The summed E-state index contributed by atoms with van der Waals surface area (Å²) in [5, 5.41) is 0. The first-order valence-electron chi connectivity index (χ1n) is 5.56. The molecule has 0 bridgehead atoms. The van der Waals surface area contributed by atoms with Gasteiger partial charge in [-0.15, -0.1) is 0 Å². The molecule has 76 valence electrons. The van der Waals surface area contributed by atoms with E-state index in [1.807, 2.05) is 0 Å². The van der Waals surface area contributed by atoms with E-state index < -0.39 is 0 Å². The summed E-state index contributed by atoms with van der Waals surface area (Å²) in [6.45, 7) is 7.18. The van der Waals surface area contributed by atoms with Gasteiger partial charge in [0.15, 0.2) is 0 Å². The van der Waals surface area contributed by atoms with Gasteiger partial charge in [0.05, 0.1) is 0 Å². The normalized spacial score (nSPS) is 25.1. The lowest BCUT2D eigenvalue weighted by Crippen LogP contribution is -2.24. The van der Waals surface area contributed by atoms with Crippen LogP contribution in [0.3, 0.4) is 0 Å². The molecule has 1 heteroatoms. The summed E-state index contributed by atoms with van der Waals surface area (Å²) in [5.74, 6) is 0.876. The summed E-state index contributed by atoms with van der Waals surface area (Å²) in [6.07, 6.45) is 1.36. The molecule has 0 saturated carbocycles. The second-order valence-electron chi connectivity index (χ2n) is 4.48. The van der Waals surface area contributed by atoms with Crippen molar-refractivity contribution in [3.8, 4) is 0 Å². The highest BCUT2D eigenvalue weighted by Crippen LogP contribution is 2.26. The van der Waals surface area contributed by atoms with E-state index in [9.17, 15) is 0 Å². The van der Waals surface area contributed by atoms with Gasteiger partial charge in [0.1, 0.15) is 0 Å². The summed E-state index contributed by atoms with van der Waals surface area (Å²) in [4.78, 5) is 2.58. The molecule has 0 aromatic heterocycles. The van der Waals surface area contributed by atoms with E-state index >= 15 is 0 Å². The Hall–Kier alpha value is -0.820. The maximum atomic E-state index is 2.58. The van der Waals surface area contributed by atoms with Gasteiger partial charge in [-0.1, -0.05) is 37.3 Å². The smallest absolute Gasteiger partial charge is 0.0319 e. The minimum absolute atomic E-state index is 0.584. The van der Waals surface area contributed by atoms with E-state index in [1.165, 1.54) is 25.1 Å². The van der Waals surface area contributed by atoms with Crippen LogP contribution in [0.5, 0.6) is 0 Å². The second kappa shape index (κ2) is 4.14. The quantitative estimate of drug-likeness (QED) is 0.691. The van der Waals surface area contributed by atoms with Crippen molar-refractivity contribution in [3.05, 3.63) is 35.9 Å². The van der Waals surface area contributed by atoms with Gasteiger partial charge in [-0.3, -0.25) is 4.90 Å². The zero-order valence-electron chi connectivity index (χ0n) is 9.11. The van der Waals surface area contributed by atoms with Crippen LogP contribution < -0.4 is 0 Å². The molecule has 0 spiro atoms. The van der Waals surface area contributed by atoms with Crippen molar-refractivity contribution in [1.29, 1.82) is 0 Å². The number of benzene rings is 1. The van der Waals surface area contributed by atoms with Gasteiger partial charge >= 0.3 is 0 Å². The molecule has 1 aromatic rings. The molecule has 0 N–H and O–H groups in total. The van der Waals surface area contributed by atoms with Crippen LogP contribution in [0.1, 0.15) is 31.9 Å². The second-order valence-corrected chi connectivity index (χ2v) is 4.48. The van der Waals surface area contributed by atoms with Gasteiger partial charge in [-0.25, -0.2) is 0 Å². The number of hydrogen-bond acceptors (Lipinski definition) is 1. The number of likely N-dealkylation sites (tertiary alicyclic amines) is 1. The lowest BCUT2D eigenvalue weighted by Gasteiger charge is -2.24. The highest BCUT2D eigenvalue weighted by atomic mass is 15.2. The maximum absolute atomic E-state index is 2.58. The zero-order valence-corrected chi connectivity index (χ0v) is 9.11. The molecule has 1 aliphatic heterocycles. The number of hydrogen-bond donors (Lipinski definition) is 0. The Labute approximate surface area is 86.7 Å². The molecule has 0 aliphatic carbocycles. The number of nitrogens with zero attached hydrogens (tertiary/aromatic N) is 1. The van der Waals surface area contributed by atoms with Crippen molar-refractivity contribution in [3.63, 3.8) is 0 Å². The van der Waals surface area contributed by atoms with Crippen molar-refractivity contribution in [1.82, 2.24) is 4.90 Å². The highest BCUT2D eigenvalue weighted by molar-refractivity contribution is 5.18. The van der Waals surface area contributed by atoms with Crippen LogP contribution in [0.2, 0.25) is 0 Å². The van der Waals surface area contributed by atoms with Crippen molar-refractivity contribution in [2.45, 2.75) is 26.3 Å². The first-order chi connectivity index (χ1) is 6.77. The van der Waals surface area contributed by atoms with Crippen molar-refractivity contribution >= 4 is 0 Å². The van der Waals surface area contributed by atoms with E-state index in [4.69, 9.17) is 0 Å². The molecule has 1 aromatic carbocycles. The molecule has 0 radical (unpaired) electrons. The van der Waals surface area contributed by atoms with Crippen LogP contribution >= 0.6 is 0 Å². The Morgan fingerprint density at radius 2 is 2.00 bits per heavy atom. The fourth-order valence-electron chi connectivity index (χ4n) is 2.26. The molecule has 1 saturated heterocycles. The van der Waals surface area contributed by atoms with E-state index in [-0.39, 0.29) is 0 Å². The first-order valence-corrected chi connectivity index (χ1v) is 5.56. The lowest BCUT2D eigenvalue weighted by molar-refractivity contribution is 0.255. The summed E-state index contributed by atoms with van der Waals surface area (Å²) < 4.78 is 0. The average Bonchev–Trinajstić information content (AvgIpc) is 2.65. The minimum atomic E-state index is 0.584. The van der Waals surface area contributed by atoms with E-state index in [0.717, 1.165) is 5.92 Å². The fourth-order valence-corrected chi connectivity index (χ4v) is 2.26. The molecule has 14 heavy (non-hydrogen) atoms. The van der Waals surface area contributed by atoms with Crippen molar-refractivity contribution < 1.29 is 0 Å². The Morgan fingerprint density at radius 1 is 1.29 bits per heavy atom. The molecule has 2 unspecified atom stereocenters. The molecular formula is C13H19N. The van der Waals surface area contributed by atoms with Crippen molar-refractivity contribution in [2.24, 2.45) is 5.92 Å². The fraction of sp³-hybridized carbons (Fsp3) is 0.538. The van der Waals surface area contributed by atoms with Crippen LogP contribution in [0.4, 0.5) is 0 Å². The first kappa shape index (κ1) is 9.72. The third-order valence-corrected chi connectivity index (χ3v) is 3.28. The predicted octanol–water partition coefficient (Wildman–Crippen LogP) is 3.09. The summed E-state index contributed by atoms with van der Waals surface area (Å²) in [7, 11) is 0. The minimum Gasteiger partial charge on any atom is -0.296 e. The maximum Gasteiger partial charge on any atom is 0.0319 e. The van der Waals surface area contributed by atoms with Gasteiger partial charge in [0, 0.05) is 12.6 Å². The van der Waals surface area contributed by atoms with E-state index in [2.05, 4.69) is 49.1 Å². The van der Waals surface area contributed by atoms with Crippen LogP contribution in [-0.4, -0.2) is 18.0 Å². The molecule has 1 heterocycles. The van der Waals surface area contributed by atoms with Crippen LogP contribution in [0.15, 0.2) is 30.3 Å². The Balaban J connectivity index is 2.05. The summed E-state index contributed by atoms with van der Waals surface area (Å²) in [6, 6.07) is 11.4. The standard InChI is InChI=1S/C13H19N/c1-11-8-9-14(10-11)12(2)13-6-4-3-5-7-13/h3-7,11-12H,8-10H2,1-2H3. The SMILES string of the molecule is CC1CCN(C(C)c2ccccc2)C1. The molecule has 0 amide bonds. The zero-order chi connectivity index (χ0) is 9.97. The Bertz CT molecular complexity index is 281. The van der Waals surface area contributed by atoms with Crippen LogP contribution in [0.25, 0.3) is 0 Å². The Kier molecular flexibility index (Phi) is 2.87. The highest BCUT2D eigenvalue weighted by Gasteiger charge is 2.23. The van der Waals surface area contributed by atoms with Gasteiger partial charge in [0.2, 0.25) is 0 Å². The lowest BCUT2D eigenvalue weighted by atomic mass is 10.1. The summed E-state index contributed by atoms with van der Waals surface area (Å²) >= 11 is 0. The van der Waals surface area contributed by atoms with Gasteiger partial charge < -0.3 is 0 Å². The number of rotatable bonds is 2. The van der Waals surface area contributed by atoms with Crippen molar-refractivity contribution in [2.75, 3.05) is 13.1 Å². The molecule has 1 nitrogen and oxygen atoms in total. The van der Waals surface area contributed by atoms with Gasteiger partial charge in [-0.05, 0) is 31.4 Å². The monoisotopic (exact) mass is 189 g/mol. The van der Waals surface area contributed by atoms with Gasteiger partial charge in [-0.2, -0.15) is 0 Å². The van der Waals surface area contributed by atoms with Crippen LogP contribution in [-0.2, 0) is 0 Å². The molecular weight excluding hydrogens is 170 g/mol. The molecule has 2 rings (SSSR count). The van der Waals surface area contributed by atoms with E-state index in [1.54, 1.807) is 0 Å². The topological polar surface area (TPSA) is 3.24 Å². The molecule has 1 aliphatic rings. The molecule has 1 fully saturated rings.